The SMILES string of the molecule is C#CCc1onc(CS(C)(C)C)c1C=CC=C. The van der Waals surface area contributed by atoms with E-state index in [1.54, 1.807) is 6.08 Å². The second kappa shape index (κ2) is 5.79. The predicted molar refractivity (Wildman–Crippen MR) is 77.3 cm³/mol. The number of hydrogen-bond donors (Lipinski definition) is 0. The fraction of sp³-hybridized carbons (Fsp3) is 0.357. The highest BCUT2D eigenvalue weighted by Gasteiger charge is 2.16. The predicted octanol–water partition coefficient (Wildman–Crippen LogP) is 3.24. The normalized spacial score (nSPS) is 12.6. The molecule has 0 atom stereocenters. The standard InChI is InChI=1S/C14H19NOS/c1-6-8-10-12-13(11-17(3,4)5)15-16-14(12)9-7-2/h2,6,8,10H,1,9,11H2,3-5H3. The zero-order valence-corrected chi connectivity index (χ0v) is 11.5. The van der Waals surface area contributed by atoms with Crippen LogP contribution in [0.25, 0.3) is 6.08 Å². The first-order valence-electron chi connectivity index (χ1n) is 5.34. The monoisotopic (exact) mass is 249 g/mol. The Morgan fingerprint density at radius 1 is 1.47 bits per heavy atom. The summed E-state index contributed by atoms with van der Waals surface area (Å²) in [6.07, 6.45) is 18.1. The van der Waals surface area contributed by atoms with Crippen molar-refractivity contribution in [1.82, 2.24) is 5.16 Å². The van der Waals surface area contributed by atoms with Crippen molar-refractivity contribution in [3.63, 3.8) is 0 Å². The maximum absolute atomic E-state index is 5.32. The van der Waals surface area contributed by atoms with E-state index in [0.717, 1.165) is 22.8 Å². The average molecular weight is 249 g/mol. The quantitative estimate of drug-likeness (QED) is 0.591. The van der Waals surface area contributed by atoms with E-state index < -0.39 is 10.0 Å². The van der Waals surface area contributed by atoms with Crippen molar-refractivity contribution in [1.29, 1.82) is 0 Å². The van der Waals surface area contributed by atoms with Gasteiger partial charge in [-0.1, -0.05) is 29.8 Å². The van der Waals surface area contributed by atoms with Crippen LogP contribution in [0.2, 0.25) is 0 Å². The van der Waals surface area contributed by atoms with E-state index in [9.17, 15) is 0 Å². The van der Waals surface area contributed by atoms with Gasteiger partial charge < -0.3 is 4.52 Å². The van der Waals surface area contributed by atoms with E-state index in [1.807, 2.05) is 12.2 Å². The first-order chi connectivity index (χ1) is 7.98. The highest BCUT2D eigenvalue weighted by atomic mass is 32.3. The summed E-state index contributed by atoms with van der Waals surface area (Å²) in [4.78, 5) is 0. The molecule has 1 heterocycles. The molecule has 0 saturated carbocycles. The maximum Gasteiger partial charge on any atom is 0.156 e. The Bertz CT molecular complexity index is 458. The molecule has 0 aliphatic rings. The zero-order chi connectivity index (χ0) is 12.9. The fourth-order valence-corrected chi connectivity index (χ4v) is 2.49. The van der Waals surface area contributed by atoms with Crippen LogP contribution in [0.3, 0.4) is 0 Å². The fourth-order valence-electron chi connectivity index (χ4n) is 1.46. The topological polar surface area (TPSA) is 26.0 Å². The Balaban J connectivity index is 3.09. The molecule has 0 fully saturated rings. The van der Waals surface area contributed by atoms with E-state index in [-0.39, 0.29) is 0 Å². The second-order valence-corrected chi connectivity index (χ2v) is 9.15. The lowest BCUT2D eigenvalue weighted by Crippen LogP contribution is -1.99. The Morgan fingerprint density at radius 2 is 2.18 bits per heavy atom. The van der Waals surface area contributed by atoms with Crippen LogP contribution in [0.15, 0.2) is 23.3 Å². The lowest BCUT2D eigenvalue weighted by molar-refractivity contribution is 0.387. The summed E-state index contributed by atoms with van der Waals surface area (Å²) in [6.45, 7) is 3.67. The molecule has 0 unspecified atom stereocenters. The van der Waals surface area contributed by atoms with Gasteiger partial charge in [0.25, 0.3) is 0 Å². The highest BCUT2D eigenvalue weighted by Crippen LogP contribution is 2.40. The molecule has 1 aromatic rings. The van der Waals surface area contributed by atoms with Crippen molar-refractivity contribution in [2.24, 2.45) is 0 Å². The number of allylic oxidation sites excluding steroid dienone is 2. The van der Waals surface area contributed by atoms with Gasteiger partial charge in [-0.25, -0.2) is 10.0 Å². The molecule has 0 aliphatic carbocycles. The van der Waals surface area contributed by atoms with Crippen molar-refractivity contribution in [2.75, 3.05) is 18.8 Å². The Kier molecular flexibility index (Phi) is 4.65. The molecule has 0 amide bonds. The van der Waals surface area contributed by atoms with E-state index in [2.05, 4.69) is 36.4 Å². The molecule has 3 heteroatoms. The Labute approximate surface area is 105 Å². The Morgan fingerprint density at radius 3 is 2.71 bits per heavy atom. The molecule has 0 aliphatic heterocycles. The van der Waals surface area contributed by atoms with E-state index in [1.165, 1.54) is 0 Å². The zero-order valence-electron chi connectivity index (χ0n) is 10.7. The molecule has 1 aromatic heterocycles. The van der Waals surface area contributed by atoms with Crippen molar-refractivity contribution >= 4 is 16.1 Å². The molecule has 1 rings (SSSR count). The first kappa shape index (κ1) is 13.7. The van der Waals surface area contributed by atoms with Crippen LogP contribution in [0.5, 0.6) is 0 Å². The highest BCUT2D eigenvalue weighted by molar-refractivity contribution is 8.31. The van der Waals surface area contributed by atoms with Gasteiger partial charge >= 0.3 is 0 Å². The summed E-state index contributed by atoms with van der Waals surface area (Å²) >= 11 is 0. The van der Waals surface area contributed by atoms with Crippen molar-refractivity contribution in [3.05, 3.63) is 35.7 Å². The summed E-state index contributed by atoms with van der Waals surface area (Å²) < 4.78 is 5.31. The maximum atomic E-state index is 5.32. The van der Waals surface area contributed by atoms with Gasteiger partial charge in [0.05, 0.1) is 12.1 Å². The third-order valence-electron chi connectivity index (χ3n) is 2.11. The minimum absolute atomic E-state index is 0.475. The van der Waals surface area contributed by atoms with Crippen molar-refractivity contribution < 1.29 is 4.52 Å². The smallest absolute Gasteiger partial charge is 0.156 e. The van der Waals surface area contributed by atoms with Crippen molar-refractivity contribution in [3.8, 4) is 12.3 Å². The average Bonchev–Trinajstić information content (AvgIpc) is 2.56. The molecule has 2 nitrogen and oxygen atoms in total. The van der Waals surface area contributed by atoms with Crippen LogP contribution < -0.4 is 0 Å². The lowest BCUT2D eigenvalue weighted by atomic mass is 10.1. The van der Waals surface area contributed by atoms with Gasteiger partial charge in [0.15, 0.2) is 5.76 Å². The summed E-state index contributed by atoms with van der Waals surface area (Å²) in [5.41, 5.74) is 2.01. The molecule has 0 N–H and O–H groups in total. The van der Waals surface area contributed by atoms with Gasteiger partial charge in [-0.3, -0.25) is 0 Å². The van der Waals surface area contributed by atoms with Gasteiger partial charge in [-0.05, 0) is 24.8 Å². The van der Waals surface area contributed by atoms with E-state index in [0.29, 0.717) is 6.42 Å². The van der Waals surface area contributed by atoms with E-state index >= 15 is 0 Å². The van der Waals surface area contributed by atoms with Crippen LogP contribution in [-0.2, 0) is 12.2 Å². The van der Waals surface area contributed by atoms with Gasteiger partial charge in [-0.2, -0.15) is 0 Å². The van der Waals surface area contributed by atoms with Crippen LogP contribution in [-0.4, -0.2) is 23.9 Å². The third-order valence-corrected chi connectivity index (χ3v) is 3.25. The molecule has 0 saturated heterocycles. The summed E-state index contributed by atoms with van der Waals surface area (Å²) in [5, 5.41) is 4.14. The molecule has 92 valence electrons. The molecule has 0 bridgehead atoms. The van der Waals surface area contributed by atoms with Gasteiger partial charge in [0.1, 0.15) is 0 Å². The van der Waals surface area contributed by atoms with Crippen LogP contribution >= 0.6 is 10.0 Å². The number of rotatable bonds is 5. The number of aromatic nitrogens is 1. The van der Waals surface area contributed by atoms with Crippen LogP contribution in [0.4, 0.5) is 0 Å². The third kappa shape index (κ3) is 4.16. The molecule has 0 aromatic carbocycles. The molecule has 17 heavy (non-hydrogen) atoms. The summed E-state index contributed by atoms with van der Waals surface area (Å²) in [7, 11) is -0.660. The number of nitrogens with zero attached hydrogens (tertiary/aromatic N) is 1. The first-order valence-corrected chi connectivity index (χ1v) is 8.36. The molecule has 0 radical (unpaired) electrons. The minimum atomic E-state index is -0.660. The lowest BCUT2D eigenvalue weighted by Gasteiger charge is -2.23. The number of terminal acetylenes is 1. The van der Waals surface area contributed by atoms with Crippen LogP contribution in [0, 0.1) is 12.3 Å². The van der Waals surface area contributed by atoms with Gasteiger partial charge in [0.2, 0.25) is 0 Å². The van der Waals surface area contributed by atoms with Gasteiger partial charge in [0, 0.05) is 11.3 Å². The van der Waals surface area contributed by atoms with Gasteiger partial charge in [-0.15, -0.1) is 6.42 Å². The Hall–Kier alpha value is -1.40. The minimum Gasteiger partial charge on any atom is -0.359 e. The molecule has 0 spiro atoms. The molecular weight excluding hydrogens is 230 g/mol. The molecular formula is C14H19NOS. The van der Waals surface area contributed by atoms with Crippen LogP contribution in [0.1, 0.15) is 17.0 Å². The number of hydrogen-bond acceptors (Lipinski definition) is 2. The largest absolute Gasteiger partial charge is 0.359 e. The summed E-state index contributed by atoms with van der Waals surface area (Å²) in [5.74, 6) is 4.30. The second-order valence-electron chi connectivity index (χ2n) is 4.68. The van der Waals surface area contributed by atoms with Crippen molar-refractivity contribution in [2.45, 2.75) is 12.2 Å². The van der Waals surface area contributed by atoms with E-state index in [4.69, 9.17) is 10.9 Å². The summed E-state index contributed by atoms with van der Waals surface area (Å²) in [6, 6.07) is 0.